The van der Waals surface area contributed by atoms with Gasteiger partial charge in [0.25, 0.3) is 0 Å². The predicted molar refractivity (Wildman–Crippen MR) is 141 cm³/mol. The molecule has 2 aliphatic rings. The molecule has 2 atom stereocenters. The Kier molecular flexibility index (Phi) is 9.44. The van der Waals surface area contributed by atoms with E-state index in [1.165, 1.54) is 32.1 Å². The highest BCUT2D eigenvalue weighted by Gasteiger charge is 2.31. The van der Waals surface area contributed by atoms with Gasteiger partial charge in [0.15, 0.2) is 5.78 Å². The van der Waals surface area contributed by atoms with Gasteiger partial charge in [-0.1, -0.05) is 19.3 Å². The van der Waals surface area contributed by atoms with Crippen molar-refractivity contribution in [2.75, 3.05) is 32.5 Å². The first-order valence-electron chi connectivity index (χ1n) is 13.0. The fourth-order valence-corrected chi connectivity index (χ4v) is 7.09. The van der Waals surface area contributed by atoms with Crippen LogP contribution in [0.3, 0.4) is 0 Å². The maximum Gasteiger partial charge on any atom is 0.303 e. The number of carbonyl (C=O) groups excluding carboxylic acids is 1. The number of aliphatic carboxylic acids is 1. The van der Waals surface area contributed by atoms with Gasteiger partial charge >= 0.3 is 5.97 Å². The third kappa shape index (κ3) is 7.20. The number of fused-ring (bicyclic) bond motifs is 1. The molecule has 2 fully saturated rings. The minimum Gasteiger partial charge on any atom is -0.497 e. The van der Waals surface area contributed by atoms with E-state index in [0.29, 0.717) is 17.7 Å². The molecule has 1 aromatic heterocycles. The van der Waals surface area contributed by atoms with Gasteiger partial charge in [0, 0.05) is 54.1 Å². The van der Waals surface area contributed by atoms with E-state index in [2.05, 4.69) is 21.6 Å². The lowest BCUT2D eigenvalue weighted by Gasteiger charge is -2.38. The Balaban J connectivity index is 1.33. The van der Waals surface area contributed by atoms with Crippen molar-refractivity contribution in [1.82, 2.24) is 9.88 Å². The number of ketones is 1. The Hall–Kier alpha value is -2.12. The summed E-state index contributed by atoms with van der Waals surface area (Å²) in [6.45, 7) is 2.86. The summed E-state index contributed by atoms with van der Waals surface area (Å²) >= 11 is 2.11. The molecular weight excluding hydrogens is 460 g/mol. The lowest BCUT2D eigenvalue weighted by atomic mass is 9.79. The summed E-state index contributed by atoms with van der Waals surface area (Å²) in [6.07, 6.45) is 10.8. The van der Waals surface area contributed by atoms with Crippen molar-refractivity contribution in [3.8, 4) is 5.75 Å². The number of hydrogen-bond donors (Lipinski definition) is 1. The Morgan fingerprint density at radius 3 is 2.74 bits per heavy atom. The van der Waals surface area contributed by atoms with Gasteiger partial charge in [-0.05, 0) is 68.3 Å². The Labute approximate surface area is 212 Å². The van der Waals surface area contributed by atoms with E-state index in [0.717, 1.165) is 54.4 Å². The van der Waals surface area contributed by atoms with Gasteiger partial charge in [-0.25, -0.2) is 0 Å². The second-order valence-corrected chi connectivity index (χ2v) is 11.4. The van der Waals surface area contributed by atoms with Gasteiger partial charge in [-0.3, -0.25) is 14.6 Å². The molecule has 2 aromatic rings. The lowest BCUT2D eigenvalue weighted by molar-refractivity contribution is -0.139. The van der Waals surface area contributed by atoms with Gasteiger partial charge in [0.1, 0.15) is 5.75 Å². The third-order valence-electron chi connectivity index (χ3n) is 7.72. The molecule has 2 heterocycles. The molecule has 35 heavy (non-hydrogen) atoms. The summed E-state index contributed by atoms with van der Waals surface area (Å²) in [5.41, 5.74) is 1.45. The van der Waals surface area contributed by atoms with Crippen molar-refractivity contribution >= 4 is 34.4 Å². The summed E-state index contributed by atoms with van der Waals surface area (Å²) in [6, 6.07) is 7.37. The number of Topliss-reactive ketones (excluding diaryl/α,β-unsaturated/α-hetero) is 1. The van der Waals surface area contributed by atoms with Crippen molar-refractivity contribution < 1.29 is 19.4 Å². The molecule has 1 saturated heterocycles. The molecule has 1 saturated carbocycles. The SMILES string of the molecule is COc1ccc2nccc(C(=O)CCC3CCN(CCSC4CCCCC4)CC3CC(=O)O)c2c1. The topological polar surface area (TPSA) is 79.7 Å². The molecule has 1 aliphatic carbocycles. The number of methoxy groups -OCH3 is 1. The Morgan fingerprint density at radius 1 is 1.14 bits per heavy atom. The summed E-state index contributed by atoms with van der Waals surface area (Å²) in [5.74, 6) is 1.55. The maximum absolute atomic E-state index is 13.2. The van der Waals surface area contributed by atoms with Crippen LogP contribution < -0.4 is 4.74 Å². The van der Waals surface area contributed by atoms with Crippen LogP contribution in [0.1, 0.15) is 68.1 Å². The predicted octanol–water partition coefficient (Wildman–Crippen LogP) is 5.69. The van der Waals surface area contributed by atoms with Crippen LogP contribution in [0.15, 0.2) is 30.5 Å². The number of carbonyl (C=O) groups is 2. The van der Waals surface area contributed by atoms with E-state index in [1.807, 2.05) is 18.2 Å². The average Bonchev–Trinajstić information content (AvgIpc) is 2.87. The second-order valence-electron chi connectivity index (χ2n) is 10.0. The second kappa shape index (κ2) is 12.7. The number of rotatable bonds is 11. The molecular formula is C28H38N2O4S. The van der Waals surface area contributed by atoms with Gasteiger partial charge in [-0.15, -0.1) is 0 Å². The van der Waals surface area contributed by atoms with E-state index < -0.39 is 5.97 Å². The largest absolute Gasteiger partial charge is 0.497 e. The zero-order chi connectivity index (χ0) is 24.6. The summed E-state index contributed by atoms with van der Waals surface area (Å²) in [4.78, 5) is 31.6. The van der Waals surface area contributed by atoms with Crippen LogP contribution >= 0.6 is 11.8 Å². The first-order chi connectivity index (χ1) is 17.0. The molecule has 4 rings (SSSR count). The van der Waals surface area contributed by atoms with E-state index in [9.17, 15) is 14.7 Å². The molecule has 1 aromatic carbocycles. The molecule has 1 N–H and O–H groups in total. The van der Waals surface area contributed by atoms with Gasteiger partial charge in [-0.2, -0.15) is 11.8 Å². The van der Waals surface area contributed by atoms with E-state index >= 15 is 0 Å². The minimum atomic E-state index is -0.739. The summed E-state index contributed by atoms with van der Waals surface area (Å²) in [7, 11) is 1.61. The number of thioether (sulfide) groups is 1. The van der Waals surface area contributed by atoms with Crippen molar-refractivity contribution in [1.29, 1.82) is 0 Å². The number of likely N-dealkylation sites (tertiary alicyclic amines) is 1. The van der Waals surface area contributed by atoms with Crippen LogP contribution in [0.5, 0.6) is 5.75 Å². The van der Waals surface area contributed by atoms with Gasteiger partial charge in [0.05, 0.1) is 12.6 Å². The van der Waals surface area contributed by atoms with Crippen molar-refractivity contribution in [3.63, 3.8) is 0 Å². The molecule has 1 aliphatic heterocycles. The molecule has 0 bridgehead atoms. The Morgan fingerprint density at radius 2 is 1.97 bits per heavy atom. The first kappa shape index (κ1) is 26.0. The zero-order valence-electron chi connectivity index (χ0n) is 20.8. The fraction of sp³-hybridized carbons (Fsp3) is 0.607. The normalized spacial score (nSPS) is 21.7. The van der Waals surface area contributed by atoms with Crippen LogP contribution in [0.4, 0.5) is 0 Å². The fourth-order valence-electron chi connectivity index (χ4n) is 5.72. The van der Waals surface area contributed by atoms with Crippen LogP contribution in [0.25, 0.3) is 10.9 Å². The quantitative estimate of drug-likeness (QED) is 0.399. The average molecular weight is 499 g/mol. The Bertz CT molecular complexity index is 1010. The number of ether oxygens (including phenoxy) is 1. The van der Waals surface area contributed by atoms with Crippen molar-refractivity contribution in [2.45, 2.75) is 63.0 Å². The number of benzene rings is 1. The number of piperidine rings is 1. The molecule has 190 valence electrons. The van der Waals surface area contributed by atoms with Gasteiger partial charge < -0.3 is 14.7 Å². The highest BCUT2D eigenvalue weighted by atomic mass is 32.2. The van der Waals surface area contributed by atoms with Crippen LogP contribution in [0.2, 0.25) is 0 Å². The molecule has 6 nitrogen and oxygen atoms in total. The van der Waals surface area contributed by atoms with Crippen molar-refractivity contribution in [2.24, 2.45) is 11.8 Å². The van der Waals surface area contributed by atoms with Crippen molar-refractivity contribution in [3.05, 3.63) is 36.0 Å². The molecule has 7 heteroatoms. The van der Waals surface area contributed by atoms with Crippen LogP contribution in [-0.4, -0.2) is 64.5 Å². The third-order valence-corrected chi connectivity index (χ3v) is 9.08. The lowest BCUT2D eigenvalue weighted by Crippen LogP contribution is -2.42. The smallest absolute Gasteiger partial charge is 0.303 e. The molecule has 0 radical (unpaired) electrons. The highest BCUT2D eigenvalue weighted by molar-refractivity contribution is 7.99. The maximum atomic E-state index is 13.2. The first-order valence-corrected chi connectivity index (χ1v) is 14.1. The zero-order valence-corrected chi connectivity index (χ0v) is 21.6. The number of carboxylic acids is 1. The standard InChI is InChI=1S/C28H38N2O4S/c1-34-22-8-9-26-25(18-22)24(11-13-29-26)27(31)10-7-20-12-14-30(19-21(20)17-28(32)33)15-16-35-23-5-3-2-4-6-23/h8-9,11,13,18,20-21,23H,2-7,10,12,14-17,19H2,1H3,(H,32,33). The van der Waals surface area contributed by atoms with E-state index in [4.69, 9.17) is 4.74 Å². The number of carboxylic acid groups (broad SMARTS) is 1. The number of nitrogens with zero attached hydrogens (tertiary/aromatic N) is 2. The van der Waals surface area contributed by atoms with E-state index in [-0.39, 0.29) is 24.0 Å². The number of aromatic nitrogens is 1. The highest BCUT2D eigenvalue weighted by Crippen LogP contribution is 2.33. The monoisotopic (exact) mass is 498 g/mol. The minimum absolute atomic E-state index is 0.0889. The number of pyridine rings is 1. The summed E-state index contributed by atoms with van der Waals surface area (Å²) in [5, 5.41) is 11.2. The molecule has 0 amide bonds. The molecule has 0 spiro atoms. The number of hydrogen-bond acceptors (Lipinski definition) is 6. The van der Waals surface area contributed by atoms with E-state index in [1.54, 1.807) is 19.4 Å². The van der Waals surface area contributed by atoms with Gasteiger partial charge in [0.2, 0.25) is 0 Å². The molecule has 2 unspecified atom stereocenters. The van der Waals surface area contributed by atoms with Crippen LogP contribution in [-0.2, 0) is 4.79 Å². The van der Waals surface area contributed by atoms with Crippen LogP contribution in [0, 0.1) is 11.8 Å². The summed E-state index contributed by atoms with van der Waals surface area (Å²) < 4.78 is 5.33.